The molecular weight excluding hydrogens is 368 g/mol. The zero-order valence-electron chi connectivity index (χ0n) is 17.0. The highest BCUT2D eigenvalue weighted by molar-refractivity contribution is 6.21. The van der Waals surface area contributed by atoms with Crippen molar-refractivity contribution in [2.45, 2.75) is 46.2 Å². The summed E-state index contributed by atoms with van der Waals surface area (Å²) < 4.78 is 5.62. The normalized spacial score (nSPS) is 13.0. The van der Waals surface area contributed by atoms with Gasteiger partial charge >= 0.3 is 0 Å². The maximum Gasteiger partial charge on any atom is 0.261 e. The Morgan fingerprint density at radius 1 is 1.00 bits per heavy atom. The van der Waals surface area contributed by atoms with Gasteiger partial charge < -0.3 is 10.1 Å². The van der Waals surface area contributed by atoms with E-state index < -0.39 is 0 Å². The first kappa shape index (κ1) is 20.6. The lowest BCUT2D eigenvalue weighted by molar-refractivity contribution is 0.0642. The fourth-order valence-electron chi connectivity index (χ4n) is 3.46. The molecule has 3 amide bonds. The van der Waals surface area contributed by atoms with Gasteiger partial charge in [0.25, 0.3) is 17.7 Å². The molecule has 0 unspecified atom stereocenters. The zero-order chi connectivity index (χ0) is 21.0. The first-order valence-electron chi connectivity index (χ1n) is 10.0. The van der Waals surface area contributed by atoms with Crippen molar-refractivity contribution in [2.24, 2.45) is 0 Å². The molecule has 0 spiro atoms. The molecule has 1 N–H and O–H groups in total. The lowest BCUT2D eigenvalue weighted by atomic mass is 10.1. The quantitative estimate of drug-likeness (QED) is 0.691. The molecule has 29 heavy (non-hydrogen) atoms. The van der Waals surface area contributed by atoms with E-state index in [-0.39, 0.29) is 30.3 Å². The summed E-state index contributed by atoms with van der Waals surface area (Å²) >= 11 is 0. The van der Waals surface area contributed by atoms with Gasteiger partial charge in [-0.05, 0) is 49.6 Å². The molecule has 0 saturated carbocycles. The molecule has 1 heterocycles. The average Bonchev–Trinajstić information content (AvgIpc) is 2.98. The molecule has 6 heteroatoms. The van der Waals surface area contributed by atoms with Crippen molar-refractivity contribution in [2.75, 3.05) is 6.61 Å². The Morgan fingerprint density at radius 3 is 2.17 bits per heavy atom. The number of benzene rings is 2. The van der Waals surface area contributed by atoms with Crippen molar-refractivity contribution in [3.63, 3.8) is 0 Å². The summed E-state index contributed by atoms with van der Waals surface area (Å²) in [6.45, 7) is 6.44. The van der Waals surface area contributed by atoms with Gasteiger partial charge in [-0.2, -0.15) is 0 Å². The first-order chi connectivity index (χ1) is 14.0. The maximum absolute atomic E-state index is 12.8. The molecule has 0 radical (unpaired) electrons. The van der Waals surface area contributed by atoms with Crippen LogP contribution in [0, 0.1) is 0 Å². The Morgan fingerprint density at radius 2 is 1.62 bits per heavy atom. The third-order valence-electron chi connectivity index (χ3n) is 5.13. The molecule has 0 aliphatic carbocycles. The minimum absolute atomic E-state index is 0.0804. The molecular formula is C23H26N2O4. The number of carbonyl (C=O) groups is 3. The highest BCUT2D eigenvalue weighted by atomic mass is 16.5. The fourth-order valence-corrected chi connectivity index (χ4v) is 3.46. The van der Waals surface area contributed by atoms with Crippen molar-refractivity contribution >= 4 is 17.7 Å². The summed E-state index contributed by atoms with van der Waals surface area (Å²) in [5.41, 5.74) is 1.93. The third-order valence-corrected chi connectivity index (χ3v) is 5.13. The largest absolute Gasteiger partial charge is 0.493 e. The van der Waals surface area contributed by atoms with Crippen LogP contribution in [0.15, 0.2) is 42.5 Å². The summed E-state index contributed by atoms with van der Waals surface area (Å²) in [6.07, 6.45) is 1.67. The van der Waals surface area contributed by atoms with Crippen LogP contribution >= 0.6 is 0 Å². The molecule has 0 bridgehead atoms. The number of ether oxygens (including phenoxy) is 1. The predicted molar refractivity (Wildman–Crippen MR) is 110 cm³/mol. The molecule has 0 saturated heterocycles. The van der Waals surface area contributed by atoms with Crippen LogP contribution < -0.4 is 10.1 Å². The second kappa shape index (κ2) is 8.90. The van der Waals surface area contributed by atoms with Crippen LogP contribution in [-0.2, 0) is 6.54 Å². The average molecular weight is 394 g/mol. The Bertz CT molecular complexity index is 899. The summed E-state index contributed by atoms with van der Waals surface area (Å²) in [5.74, 6) is -0.363. The summed E-state index contributed by atoms with van der Waals surface area (Å²) in [4.78, 5) is 39.3. The predicted octanol–water partition coefficient (Wildman–Crippen LogP) is 3.80. The Balaban J connectivity index is 1.86. The van der Waals surface area contributed by atoms with E-state index in [1.165, 1.54) is 4.90 Å². The van der Waals surface area contributed by atoms with Gasteiger partial charge in [-0.15, -0.1) is 0 Å². The Hall–Kier alpha value is -3.15. The lowest BCUT2D eigenvalue weighted by Gasteiger charge is -2.18. The van der Waals surface area contributed by atoms with Crippen molar-refractivity contribution in [1.29, 1.82) is 0 Å². The van der Waals surface area contributed by atoms with E-state index in [1.54, 1.807) is 42.5 Å². The molecule has 152 valence electrons. The lowest BCUT2D eigenvalue weighted by Crippen LogP contribution is -2.34. The number of hydrogen-bond donors (Lipinski definition) is 1. The van der Waals surface area contributed by atoms with E-state index in [2.05, 4.69) is 5.32 Å². The molecule has 0 atom stereocenters. The van der Waals surface area contributed by atoms with Gasteiger partial charge in [0.1, 0.15) is 5.75 Å². The van der Waals surface area contributed by atoms with E-state index in [4.69, 9.17) is 4.74 Å². The van der Waals surface area contributed by atoms with Crippen LogP contribution in [0.4, 0.5) is 0 Å². The van der Waals surface area contributed by atoms with Crippen molar-refractivity contribution in [3.05, 3.63) is 64.7 Å². The molecule has 2 aromatic carbocycles. The van der Waals surface area contributed by atoms with Gasteiger partial charge in [0, 0.05) is 6.04 Å². The van der Waals surface area contributed by atoms with Crippen LogP contribution in [0.1, 0.15) is 70.3 Å². The second-order valence-electron chi connectivity index (χ2n) is 6.99. The summed E-state index contributed by atoms with van der Waals surface area (Å²) in [5, 5.41) is 3.02. The van der Waals surface area contributed by atoms with Crippen molar-refractivity contribution < 1.29 is 19.1 Å². The third kappa shape index (κ3) is 4.16. The zero-order valence-corrected chi connectivity index (χ0v) is 17.0. The van der Waals surface area contributed by atoms with Gasteiger partial charge in [0.2, 0.25) is 0 Å². The molecule has 0 fully saturated rings. The molecule has 6 nitrogen and oxygen atoms in total. The number of nitrogens with one attached hydrogen (secondary N) is 1. The van der Waals surface area contributed by atoms with E-state index in [9.17, 15) is 14.4 Å². The number of amides is 3. The second-order valence-corrected chi connectivity index (χ2v) is 6.99. The minimum Gasteiger partial charge on any atom is -0.493 e. The maximum atomic E-state index is 12.8. The first-order valence-corrected chi connectivity index (χ1v) is 10.0. The number of hydrogen-bond acceptors (Lipinski definition) is 4. The van der Waals surface area contributed by atoms with Crippen molar-refractivity contribution in [1.82, 2.24) is 10.2 Å². The summed E-state index contributed by atoms with van der Waals surface area (Å²) in [7, 11) is 0. The van der Waals surface area contributed by atoms with Crippen molar-refractivity contribution in [3.8, 4) is 5.75 Å². The topological polar surface area (TPSA) is 75.7 Å². The highest BCUT2D eigenvalue weighted by Crippen LogP contribution is 2.26. The number of imide groups is 1. The van der Waals surface area contributed by atoms with E-state index in [1.807, 2.05) is 20.8 Å². The number of carbonyl (C=O) groups excluding carboxylic acids is 3. The van der Waals surface area contributed by atoms with Gasteiger partial charge in [-0.25, -0.2) is 0 Å². The van der Waals surface area contributed by atoms with Crippen LogP contribution in [0.2, 0.25) is 0 Å². The van der Waals surface area contributed by atoms with Gasteiger partial charge in [-0.3, -0.25) is 19.3 Å². The van der Waals surface area contributed by atoms with Crippen LogP contribution in [0.5, 0.6) is 5.75 Å². The van der Waals surface area contributed by atoms with E-state index in [0.29, 0.717) is 34.6 Å². The van der Waals surface area contributed by atoms with Crippen LogP contribution in [0.25, 0.3) is 0 Å². The van der Waals surface area contributed by atoms with E-state index in [0.717, 1.165) is 12.8 Å². The van der Waals surface area contributed by atoms with Crippen LogP contribution in [-0.4, -0.2) is 35.3 Å². The number of rotatable bonds is 8. The highest BCUT2D eigenvalue weighted by Gasteiger charge is 2.35. The standard InChI is InChI=1S/C23H26N2O4/c1-4-16(5-2)24-21(26)19-13-15(11-12-20(19)29-6-3)14-25-22(27)17-9-7-8-10-18(17)23(25)28/h7-13,16H,4-6,14H2,1-3H3,(H,24,26). The fraction of sp³-hybridized carbons (Fsp3) is 0.348. The molecule has 1 aliphatic rings. The number of nitrogens with zero attached hydrogens (tertiary/aromatic N) is 1. The molecule has 2 aromatic rings. The summed E-state index contributed by atoms with van der Waals surface area (Å²) in [6, 6.07) is 12.1. The Kier molecular flexibility index (Phi) is 6.32. The molecule has 1 aliphatic heterocycles. The Labute approximate surface area is 170 Å². The molecule has 0 aromatic heterocycles. The smallest absolute Gasteiger partial charge is 0.261 e. The van der Waals surface area contributed by atoms with Gasteiger partial charge in [0.15, 0.2) is 0 Å². The SMILES string of the molecule is CCOc1ccc(CN2C(=O)c3ccccc3C2=O)cc1C(=O)NC(CC)CC. The number of fused-ring (bicyclic) bond motifs is 1. The van der Waals surface area contributed by atoms with Crippen LogP contribution in [0.3, 0.4) is 0 Å². The van der Waals surface area contributed by atoms with Gasteiger partial charge in [0.05, 0.1) is 29.8 Å². The van der Waals surface area contributed by atoms with E-state index >= 15 is 0 Å². The monoisotopic (exact) mass is 394 g/mol. The molecule has 3 rings (SSSR count). The minimum atomic E-state index is -0.317. The van der Waals surface area contributed by atoms with Gasteiger partial charge in [-0.1, -0.05) is 32.0 Å².